The fraction of sp³-hybridized carbons (Fsp3) is 0.286. The molecule has 1 aromatic heterocycles. The predicted octanol–water partition coefficient (Wildman–Crippen LogP) is 4.34. The van der Waals surface area contributed by atoms with Crippen LogP contribution in [0.2, 0.25) is 0 Å². The van der Waals surface area contributed by atoms with Gasteiger partial charge in [0.2, 0.25) is 0 Å². The van der Waals surface area contributed by atoms with Crippen molar-refractivity contribution in [3.05, 3.63) is 70.5 Å². The van der Waals surface area contributed by atoms with Crippen molar-refractivity contribution in [2.75, 3.05) is 0 Å². The molecule has 4 rings (SSSR count). The molecule has 3 aromatic rings. The number of nitrogens with two attached hydrogens (primary N) is 1. The highest BCUT2D eigenvalue weighted by Crippen LogP contribution is 2.38. The molecule has 1 aliphatic rings. The first-order valence-corrected chi connectivity index (χ1v) is 8.82. The van der Waals surface area contributed by atoms with E-state index >= 15 is 0 Å². The van der Waals surface area contributed by atoms with E-state index in [1.54, 1.807) is 6.07 Å². The van der Waals surface area contributed by atoms with Crippen LogP contribution in [0.4, 0.5) is 0 Å². The maximum absolute atomic E-state index is 13.1. The third-order valence-corrected chi connectivity index (χ3v) is 5.29. The van der Waals surface area contributed by atoms with Crippen LogP contribution in [0.3, 0.4) is 0 Å². The molecule has 2 N–H and O–H groups in total. The summed E-state index contributed by atoms with van der Waals surface area (Å²) in [5.41, 5.74) is 9.87. The van der Waals surface area contributed by atoms with Crippen LogP contribution >= 0.6 is 12.4 Å². The molecule has 0 amide bonds. The lowest BCUT2D eigenvalue weighted by Crippen LogP contribution is -2.44. The van der Waals surface area contributed by atoms with Crippen molar-refractivity contribution in [3.63, 3.8) is 0 Å². The van der Waals surface area contributed by atoms with Crippen LogP contribution in [0.5, 0.6) is 0 Å². The molecule has 6 heteroatoms. The number of hydrogen-bond acceptors (Lipinski definition) is 5. The second-order valence-corrected chi connectivity index (χ2v) is 7.11. The summed E-state index contributed by atoms with van der Waals surface area (Å²) >= 11 is 0. The molecule has 2 aromatic carbocycles. The molecule has 0 unspecified atom stereocenters. The maximum Gasteiger partial charge on any atom is 0.258 e. The van der Waals surface area contributed by atoms with E-state index in [-0.39, 0.29) is 18.2 Å². The number of halogens is 1. The maximum atomic E-state index is 13.1. The van der Waals surface area contributed by atoms with E-state index in [1.165, 1.54) is 0 Å². The summed E-state index contributed by atoms with van der Waals surface area (Å²) in [6, 6.07) is 13.0. The summed E-state index contributed by atoms with van der Waals surface area (Å²) in [4.78, 5) is 17.5. The molecular weight excluding hydrogens is 362 g/mol. The Labute approximate surface area is 164 Å². The fourth-order valence-electron chi connectivity index (χ4n) is 3.22. The molecule has 1 aliphatic carbocycles. The Bertz CT molecular complexity index is 993. The van der Waals surface area contributed by atoms with E-state index in [0.29, 0.717) is 28.4 Å². The fourth-order valence-corrected chi connectivity index (χ4v) is 3.22. The van der Waals surface area contributed by atoms with Crippen LogP contribution in [0.25, 0.3) is 11.5 Å². The molecular formula is C21H22ClN3O2. The summed E-state index contributed by atoms with van der Waals surface area (Å²) in [5, 5.41) is 4.06. The molecule has 140 valence electrons. The summed E-state index contributed by atoms with van der Waals surface area (Å²) < 4.78 is 5.45. The molecule has 5 nitrogen and oxygen atoms in total. The number of benzene rings is 2. The Morgan fingerprint density at radius 1 is 1.11 bits per heavy atom. The lowest BCUT2D eigenvalue weighted by atomic mass is 9.77. The van der Waals surface area contributed by atoms with Gasteiger partial charge >= 0.3 is 0 Å². The average Bonchev–Trinajstić information content (AvgIpc) is 3.12. The molecule has 1 fully saturated rings. The van der Waals surface area contributed by atoms with Gasteiger partial charge in [0.15, 0.2) is 11.6 Å². The van der Waals surface area contributed by atoms with Gasteiger partial charge < -0.3 is 10.3 Å². The van der Waals surface area contributed by atoms with Gasteiger partial charge in [-0.2, -0.15) is 4.98 Å². The smallest absolute Gasteiger partial charge is 0.258 e. The van der Waals surface area contributed by atoms with Crippen LogP contribution in [0.1, 0.15) is 52.1 Å². The number of aryl methyl sites for hydroxylation is 2. The number of ketones is 1. The topological polar surface area (TPSA) is 82.0 Å². The van der Waals surface area contributed by atoms with E-state index < -0.39 is 5.54 Å². The van der Waals surface area contributed by atoms with Gasteiger partial charge in [-0.3, -0.25) is 4.79 Å². The van der Waals surface area contributed by atoms with Gasteiger partial charge in [0.05, 0.1) is 11.1 Å². The van der Waals surface area contributed by atoms with Gasteiger partial charge in [-0.15, -0.1) is 12.4 Å². The first-order chi connectivity index (χ1) is 12.5. The number of carbonyl (C=O) groups excluding carboxylic acids is 1. The number of aromatic nitrogens is 2. The Balaban J connectivity index is 0.00000210. The van der Waals surface area contributed by atoms with E-state index in [2.05, 4.69) is 10.1 Å². The van der Waals surface area contributed by atoms with Gasteiger partial charge in [-0.1, -0.05) is 35.5 Å². The third-order valence-electron chi connectivity index (χ3n) is 5.29. The highest BCUT2D eigenvalue weighted by molar-refractivity contribution is 6.12. The molecule has 0 saturated heterocycles. The molecule has 0 atom stereocenters. The zero-order valence-electron chi connectivity index (χ0n) is 15.4. The van der Waals surface area contributed by atoms with Crippen molar-refractivity contribution in [3.8, 4) is 11.5 Å². The van der Waals surface area contributed by atoms with Gasteiger partial charge in [0.1, 0.15) is 0 Å². The highest BCUT2D eigenvalue weighted by atomic mass is 35.5. The van der Waals surface area contributed by atoms with Crippen molar-refractivity contribution in [1.82, 2.24) is 10.1 Å². The third kappa shape index (κ3) is 3.40. The van der Waals surface area contributed by atoms with Crippen LogP contribution in [0, 0.1) is 13.8 Å². The van der Waals surface area contributed by atoms with Crippen molar-refractivity contribution in [1.29, 1.82) is 0 Å². The Kier molecular flexibility index (Phi) is 5.18. The predicted molar refractivity (Wildman–Crippen MR) is 106 cm³/mol. The van der Waals surface area contributed by atoms with Crippen molar-refractivity contribution in [2.45, 2.75) is 38.6 Å². The summed E-state index contributed by atoms with van der Waals surface area (Å²) in [5.74, 6) is 0.797. The second kappa shape index (κ2) is 7.25. The van der Waals surface area contributed by atoms with Crippen molar-refractivity contribution < 1.29 is 9.32 Å². The molecule has 27 heavy (non-hydrogen) atoms. The quantitative estimate of drug-likeness (QED) is 0.677. The Morgan fingerprint density at radius 2 is 1.85 bits per heavy atom. The summed E-state index contributed by atoms with van der Waals surface area (Å²) in [6.07, 6.45) is 2.78. The minimum Gasteiger partial charge on any atom is -0.334 e. The van der Waals surface area contributed by atoms with E-state index in [9.17, 15) is 4.79 Å². The molecule has 0 aliphatic heterocycles. The van der Waals surface area contributed by atoms with Gasteiger partial charge in [-0.25, -0.2) is 0 Å². The van der Waals surface area contributed by atoms with Crippen LogP contribution in [0.15, 0.2) is 47.0 Å². The largest absolute Gasteiger partial charge is 0.334 e. The Morgan fingerprint density at radius 3 is 2.52 bits per heavy atom. The first kappa shape index (κ1) is 19.3. The summed E-state index contributed by atoms with van der Waals surface area (Å²) in [6.45, 7) is 4.03. The monoisotopic (exact) mass is 383 g/mol. The van der Waals surface area contributed by atoms with Crippen molar-refractivity contribution in [2.24, 2.45) is 5.73 Å². The molecule has 0 bridgehead atoms. The van der Waals surface area contributed by atoms with Crippen LogP contribution in [-0.2, 0) is 5.54 Å². The average molecular weight is 384 g/mol. The lowest BCUT2D eigenvalue weighted by Gasteiger charge is -2.34. The summed E-state index contributed by atoms with van der Waals surface area (Å²) in [7, 11) is 0. The van der Waals surface area contributed by atoms with Gasteiger partial charge in [0, 0.05) is 11.1 Å². The highest BCUT2D eigenvalue weighted by Gasteiger charge is 2.39. The molecule has 0 spiro atoms. The number of hydrogen-bond donors (Lipinski definition) is 1. The van der Waals surface area contributed by atoms with Gasteiger partial charge in [0.25, 0.3) is 5.89 Å². The zero-order valence-corrected chi connectivity index (χ0v) is 16.2. The standard InChI is InChI=1S/C21H21N3O2.ClH/c1-13-8-9-15(12-14(13)2)18(25)16-6-3-4-7-17(16)19-23-20(24-26-19)21(22)10-5-11-21;/h3-4,6-9,12H,5,10-11,22H2,1-2H3;1H. The minimum atomic E-state index is -0.491. The SMILES string of the molecule is Cc1ccc(C(=O)c2ccccc2-c2nc(C3(N)CCC3)no2)cc1C.Cl. The van der Waals surface area contributed by atoms with Crippen LogP contribution < -0.4 is 5.73 Å². The van der Waals surface area contributed by atoms with Crippen molar-refractivity contribution >= 4 is 18.2 Å². The number of carbonyl (C=O) groups is 1. The molecule has 0 radical (unpaired) electrons. The van der Waals surface area contributed by atoms with E-state index in [1.807, 2.05) is 50.2 Å². The molecule has 1 heterocycles. The normalized spacial score (nSPS) is 14.9. The lowest BCUT2D eigenvalue weighted by molar-refractivity contribution is 0.103. The zero-order chi connectivity index (χ0) is 18.3. The van der Waals surface area contributed by atoms with E-state index in [4.69, 9.17) is 10.3 Å². The first-order valence-electron chi connectivity index (χ1n) is 8.82. The molecule has 1 saturated carbocycles. The van der Waals surface area contributed by atoms with E-state index in [0.717, 1.165) is 30.4 Å². The van der Waals surface area contributed by atoms with Crippen LogP contribution in [-0.4, -0.2) is 15.9 Å². The number of rotatable bonds is 4. The Hall–Kier alpha value is -2.50. The number of nitrogens with zero attached hydrogens (tertiary/aromatic N) is 2. The second-order valence-electron chi connectivity index (χ2n) is 7.11. The van der Waals surface area contributed by atoms with Gasteiger partial charge in [-0.05, 0) is 56.4 Å². The minimum absolute atomic E-state index is 0.